The first-order valence-electron chi connectivity index (χ1n) is 13.8. The smallest absolute Gasteiger partial charge is 0.417 e. The minimum absolute atomic E-state index is 0. The number of nitrogens with zero attached hydrogens (tertiary/aromatic N) is 3. The lowest BCUT2D eigenvalue weighted by atomic mass is 9.78. The number of amides is 3. The van der Waals surface area contributed by atoms with Crippen molar-refractivity contribution in [3.8, 4) is 0 Å². The molecule has 4 rings (SSSR count). The molecule has 2 aliphatic heterocycles. The summed E-state index contributed by atoms with van der Waals surface area (Å²) in [6.45, 7) is 5.04. The topological polar surface area (TPSA) is 70.2 Å². The second-order valence-corrected chi connectivity index (χ2v) is 11.7. The summed E-state index contributed by atoms with van der Waals surface area (Å²) in [5.41, 5.74) is -3.35. The van der Waals surface area contributed by atoms with E-state index in [0.29, 0.717) is 29.8 Å². The first-order valence-corrected chi connectivity index (χ1v) is 13.8. The predicted octanol–water partition coefficient (Wildman–Crippen LogP) is 6.42. The van der Waals surface area contributed by atoms with Crippen molar-refractivity contribution in [1.82, 2.24) is 14.7 Å². The van der Waals surface area contributed by atoms with Crippen molar-refractivity contribution in [2.45, 2.75) is 57.6 Å². The lowest BCUT2D eigenvalue weighted by Crippen LogP contribution is -2.48. The molecule has 2 unspecified atom stereocenters. The molecule has 7 nitrogen and oxygen atoms in total. The SMILES string of the molecule is Cc1cc(F)ccc1C1CN(CCN2C(=O)OC(C)(C)C2=O)CCC1C(=O)N(C)Cc1cc(C(F)(F)F)cc(C(F)(F)F)c1.Cl. The predicted molar refractivity (Wildman–Crippen MR) is 151 cm³/mol. The molecule has 2 atom stereocenters. The summed E-state index contributed by atoms with van der Waals surface area (Å²) in [4.78, 5) is 42.5. The zero-order valence-corrected chi connectivity index (χ0v) is 25.7. The fraction of sp³-hybridized carbons (Fsp3) is 0.500. The fourth-order valence-corrected chi connectivity index (χ4v) is 5.79. The highest BCUT2D eigenvalue weighted by molar-refractivity contribution is 6.02. The molecule has 2 aromatic rings. The Labute approximate surface area is 261 Å². The van der Waals surface area contributed by atoms with E-state index in [2.05, 4.69) is 0 Å². The number of alkyl halides is 6. The number of likely N-dealkylation sites (tertiary alicyclic amines) is 1. The molecule has 0 aliphatic carbocycles. The van der Waals surface area contributed by atoms with Gasteiger partial charge in [0, 0.05) is 45.1 Å². The normalized spacial score (nSPS) is 20.6. The van der Waals surface area contributed by atoms with Gasteiger partial charge in [-0.1, -0.05) is 6.07 Å². The number of hydrogen-bond acceptors (Lipinski definition) is 5. The molecule has 3 amide bonds. The van der Waals surface area contributed by atoms with Crippen molar-refractivity contribution in [2.75, 3.05) is 33.2 Å². The van der Waals surface area contributed by atoms with Gasteiger partial charge in [-0.05, 0) is 80.8 Å². The molecule has 0 saturated carbocycles. The summed E-state index contributed by atoms with van der Waals surface area (Å²) in [6, 6.07) is 5.32. The Kier molecular flexibility index (Phi) is 10.5. The maximum atomic E-state index is 14.0. The van der Waals surface area contributed by atoms with E-state index >= 15 is 0 Å². The summed E-state index contributed by atoms with van der Waals surface area (Å²) in [5.74, 6) is -2.72. The van der Waals surface area contributed by atoms with E-state index < -0.39 is 71.2 Å². The molecule has 2 aromatic carbocycles. The number of rotatable bonds is 7. The van der Waals surface area contributed by atoms with Gasteiger partial charge in [0.05, 0.1) is 11.1 Å². The van der Waals surface area contributed by atoms with Crippen LogP contribution in [0.2, 0.25) is 0 Å². The van der Waals surface area contributed by atoms with E-state index in [1.54, 1.807) is 13.0 Å². The number of ether oxygens (including phenoxy) is 1. The van der Waals surface area contributed by atoms with Gasteiger partial charge in [-0.2, -0.15) is 26.3 Å². The highest BCUT2D eigenvalue weighted by Crippen LogP contribution is 2.38. The Morgan fingerprint density at radius 2 is 1.60 bits per heavy atom. The number of carbonyl (C=O) groups excluding carboxylic acids is 3. The van der Waals surface area contributed by atoms with Gasteiger partial charge >= 0.3 is 18.4 Å². The van der Waals surface area contributed by atoms with Gasteiger partial charge in [-0.3, -0.25) is 9.59 Å². The lowest BCUT2D eigenvalue weighted by Gasteiger charge is -2.40. The van der Waals surface area contributed by atoms with E-state index in [0.717, 1.165) is 9.80 Å². The van der Waals surface area contributed by atoms with E-state index in [9.17, 15) is 45.1 Å². The summed E-state index contributed by atoms with van der Waals surface area (Å²) in [7, 11) is 1.31. The molecule has 2 aliphatic rings. The van der Waals surface area contributed by atoms with Gasteiger partial charge in [0.2, 0.25) is 5.91 Å². The Hall–Kier alpha value is -3.39. The highest BCUT2D eigenvalue weighted by Gasteiger charge is 2.47. The van der Waals surface area contributed by atoms with Crippen LogP contribution in [0.5, 0.6) is 0 Å². The summed E-state index contributed by atoms with van der Waals surface area (Å²) >= 11 is 0. The van der Waals surface area contributed by atoms with Crippen LogP contribution in [0, 0.1) is 18.7 Å². The van der Waals surface area contributed by atoms with Crippen molar-refractivity contribution in [3.05, 3.63) is 70.0 Å². The van der Waals surface area contributed by atoms with Crippen molar-refractivity contribution in [1.29, 1.82) is 0 Å². The maximum absolute atomic E-state index is 14.0. The van der Waals surface area contributed by atoms with Gasteiger partial charge in [-0.25, -0.2) is 14.1 Å². The van der Waals surface area contributed by atoms with E-state index in [1.165, 1.54) is 33.0 Å². The molecule has 248 valence electrons. The number of cyclic esters (lactones) is 1. The Balaban J connectivity index is 0.00000552. The van der Waals surface area contributed by atoms with Crippen LogP contribution in [0.4, 0.5) is 35.5 Å². The summed E-state index contributed by atoms with van der Waals surface area (Å²) in [5, 5.41) is 0. The van der Waals surface area contributed by atoms with Crippen molar-refractivity contribution < 1.29 is 49.9 Å². The van der Waals surface area contributed by atoms with Gasteiger partial charge in [0.15, 0.2) is 5.60 Å². The molecule has 0 radical (unpaired) electrons. The number of benzene rings is 2. The van der Waals surface area contributed by atoms with Gasteiger partial charge in [0.1, 0.15) is 5.82 Å². The first kappa shape index (κ1) is 36.1. The average Bonchev–Trinajstić information content (AvgIpc) is 3.11. The monoisotopic (exact) mass is 667 g/mol. The zero-order valence-electron chi connectivity index (χ0n) is 24.9. The van der Waals surface area contributed by atoms with Crippen LogP contribution in [0.25, 0.3) is 0 Å². The third-order valence-corrected chi connectivity index (χ3v) is 8.05. The largest absolute Gasteiger partial charge is 0.433 e. The number of aryl methyl sites for hydroxylation is 1. The molecule has 2 saturated heterocycles. The maximum Gasteiger partial charge on any atom is 0.417 e. The molecule has 45 heavy (non-hydrogen) atoms. The lowest BCUT2D eigenvalue weighted by molar-refractivity contribution is -0.143. The standard InChI is InChI=1S/C30H32F7N3O4.ClH/c1-17-11-21(31)5-6-22(17)24-16-39(9-10-40-26(42)28(2,3)44-27(40)43)8-7-23(24)25(41)38(4)15-18-12-19(29(32,33)34)14-20(13-18)30(35,36)37;/h5-6,11-14,23-24H,7-10,15-16H2,1-4H3;1H. The van der Waals surface area contributed by atoms with Gasteiger partial charge in [-0.15, -0.1) is 12.4 Å². The number of carbonyl (C=O) groups is 3. The number of hydrogen-bond donors (Lipinski definition) is 0. The summed E-state index contributed by atoms with van der Waals surface area (Å²) < 4.78 is 99.4. The Bertz CT molecular complexity index is 1420. The quantitative estimate of drug-likeness (QED) is 0.319. The molecular weight excluding hydrogens is 635 g/mol. The highest BCUT2D eigenvalue weighted by atomic mass is 35.5. The number of imide groups is 1. The first-order chi connectivity index (χ1) is 20.3. The molecule has 0 bridgehead atoms. The number of piperidine rings is 1. The van der Waals surface area contributed by atoms with Crippen LogP contribution >= 0.6 is 12.4 Å². The van der Waals surface area contributed by atoms with Crippen LogP contribution < -0.4 is 0 Å². The van der Waals surface area contributed by atoms with Gasteiger partial charge in [0.25, 0.3) is 5.91 Å². The van der Waals surface area contributed by atoms with Crippen molar-refractivity contribution in [3.63, 3.8) is 0 Å². The van der Waals surface area contributed by atoms with Crippen LogP contribution in [0.1, 0.15) is 54.0 Å². The minimum atomic E-state index is -5.03. The Morgan fingerprint density at radius 1 is 1.00 bits per heavy atom. The molecule has 0 spiro atoms. The zero-order chi connectivity index (χ0) is 32.8. The van der Waals surface area contributed by atoms with E-state index in [-0.39, 0.29) is 50.1 Å². The summed E-state index contributed by atoms with van der Waals surface area (Å²) in [6.07, 6.45) is -10.6. The Morgan fingerprint density at radius 3 is 2.11 bits per heavy atom. The molecule has 2 fully saturated rings. The molecule has 15 heteroatoms. The van der Waals surface area contributed by atoms with Crippen molar-refractivity contribution in [2.24, 2.45) is 5.92 Å². The molecule has 2 heterocycles. The molecule has 0 N–H and O–H groups in total. The third kappa shape index (κ3) is 8.07. The van der Waals surface area contributed by atoms with Crippen LogP contribution in [-0.4, -0.2) is 71.4 Å². The average molecular weight is 668 g/mol. The van der Waals surface area contributed by atoms with Crippen LogP contribution in [0.3, 0.4) is 0 Å². The van der Waals surface area contributed by atoms with E-state index in [4.69, 9.17) is 4.74 Å². The minimum Gasteiger partial charge on any atom is -0.433 e. The molecular formula is C30H33ClF7N3O4. The second kappa shape index (κ2) is 13.1. The fourth-order valence-electron chi connectivity index (χ4n) is 5.79. The second-order valence-electron chi connectivity index (χ2n) is 11.7. The molecule has 0 aromatic heterocycles. The van der Waals surface area contributed by atoms with Crippen LogP contribution in [-0.2, 0) is 33.2 Å². The number of halogens is 8. The van der Waals surface area contributed by atoms with E-state index in [1.807, 2.05) is 4.90 Å². The van der Waals surface area contributed by atoms with Gasteiger partial charge < -0.3 is 14.5 Å². The third-order valence-electron chi connectivity index (χ3n) is 8.05. The van der Waals surface area contributed by atoms with Crippen LogP contribution in [0.15, 0.2) is 36.4 Å². The van der Waals surface area contributed by atoms with Crippen molar-refractivity contribution >= 4 is 30.3 Å².